The Morgan fingerprint density at radius 1 is 1.11 bits per heavy atom. The van der Waals surface area contributed by atoms with E-state index in [-0.39, 0.29) is 40.0 Å². The van der Waals surface area contributed by atoms with Gasteiger partial charge in [0.05, 0.1) is 24.4 Å². The summed E-state index contributed by atoms with van der Waals surface area (Å²) in [7, 11) is 1.45. The zero-order valence-electron chi connectivity index (χ0n) is 24.1. The molecule has 3 fully saturated rings. The van der Waals surface area contributed by atoms with Crippen molar-refractivity contribution < 1.29 is 24.9 Å². The number of rotatable bonds is 8. The van der Waals surface area contributed by atoms with Crippen molar-refractivity contribution >= 4 is 5.97 Å². The van der Waals surface area contributed by atoms with Crippen LogP contribution in [-0.2, 0) is 9.53 Å². The summed E-state index contributed by atoms with van der Waals surface area (Å²) in [6, 6.07) is 0. The Hall–Kier alpha value is -1.17. The van der Waals surface area contributed by atoms with Crippen LogP contribution in [0.3, 0.4) is 0 Å². The molecule has 0 heterocycles. The smallest absolute Gasteiger partial charge is 0.305 e. The minimum Gasteiger partial charge on any atom is -0.469 e. The van der Waals surface area contributed by atoms with Crippen molar-refractivity contribution in [2.75, 3.05) is 7.11 Å². The number of carbonyl (C=O) groups is 1. The fourth-order valence-electron chi connectivity index (χ4n) is 9.19. The van der Waals surface area contributed by atoms with Gasteiger partial charge in [-0.2, -0.15) is 0 Å². The Labute approximate surface area is 219 Å². The highest BCUT2D eigenvalue weighted by Gasteiger charge is 2.69. The number of hydrogen-bond acceptors (Lipinski definition) is 5. The maximum atomic E-state index is 12.2. The first-order valence-electron chi connectivity index (χ1n) is 14.0. The maximum absolute atomic E-state index is 12.2. The molecule has 5 heteroatoms. The Bertz CT molecular complexity index is 869. The number of hydrogen-bond donors (Lipinski definition) is 3. The molecule has 0 aromatic heterocycles. The van der Waals surface area contributed by atoms with Crippen LogP contribution in [0.1, 0.15) is 99.8 Å². The van der Waals surface area contributed by atoms with E-state index >= 15 is 0 Å². The number of esters is 1. The van der Waals surface area contributed by atoms with Crippen molar-refractivity contribution in [1.82, 2.24) is 0 Å². The zero-order chi connectivity index (χ0) is 27.3. The summed E-state index contributed by atoms with van der Waals surface area (Å²) in [5, 5.41) is 33.5. The van der Waals surface area contributed by atoms with Gasteiger partial charge in [0, 0.05) is 6.42 Å². The van der Waals surface area contributed by atoms with E-state index in [1.807, 2.05) is 13.0 Å². The molecule has 0 amide bonds. The summed E-state index contributed by atoms with van der Waals surface area (Å²) in [5.41, 5.74) is -0.993. The lowest BCUT2D eigenvalue weighted by Gasteiger charge is -2.67. The second-order valence-corrected chi connectivity index (χ2v) is 14.0. The van der Waals surface area contributed by atoms with Gasteiger partial charge in [-0.05, 0) is 113 Å². The van der Waals surface area contributed by atoms with Crippen molar-refractivity contribution in [3.63, 3.8) is 0 Å². The highest BCUT2D eigenvalue weighted by molar-refractivity contribution is 5.69. The van der Waals surface area contributed by atoms with Gasteiger partial charge in [0.15, 0.2) is 0 Å². The molecule has 5 nitrogen and oxygen atoms in total. The predicted molar refractivity (Wildman–Crippen MR) is 144 cm³/mol. The van der Waals surface area contributed by atoms with Gasteiger partial charge in [0.25, 0.3) is 0 Å². The van der Waals surface area contributed by atoms with Crippen LogP contribution in [0, 0.1) is 39.9 Å². The van der Waals surface area contributed by atoms with Gasteiger partial charge in [0.1, 0.15) is 0 Å². The molecule has 0 aromatic carbocycles. The summed E-state index contributed by atoms with van der Waals surface area (Å²) in [4.78, 5) is 12.2. The van der Waals surface area contributed by atoms with Crippen LogP contribution >= 0.6 is 0 Å². The minimum absolute atomic E-state index is 0.00974. The van der Waals surface area contributed by atoms with E-state index in [9.17, 15) is 20.1 Å². The molecule has 9 unspecified atom stereocenters. The van der Waals surface area contributed by atoms with Crippen LogP contribution in [0.4, 0.5) is 0 Å². The Morgan fingerprint density at radius 2 is 1.72 bits per heavy atom. The van der Waals surface area contributed by atoms with E-state index in [1.54, 1.807) is 19.9 Å². The van der Waals surface area contributed by atoms with Crippen LogP contribution < -0.4 is 0 Å². The average molecular weight is 505 g/mol. The summed E-state index contributed by atoms with van der Waals surface area (Å²) in [5.74, 6) is 0.373. The molecule has 3 aliphatic carbocycles. The number of aliphatic hydroxyl groups is 3. The number of ether oxygens (including phenoxy) is 1. The summed E-state index contributed by atoms with van der Waals surface area (Å²) in [6.45, 7) is 18.9. The van der Waals surface area contributed by atoms with Gasteiger partial charge in [-0.25, -0.2) is 0 Å². The quantitative estimate of drug-likeness (QED) is 0.286. The second kappa shape index (κ2) is 9.85. The van der Waals surface area contributed by atoms with Crippen molar-refractivity contribution in [2.24, 2.45) is 39.9 Å². The molecule has 0 aliphatic heterocycles. The first-order chi connectivity index (χ1) is 16.4. The molecule has 206 valence electrons. The number of fused-ring (bicyclic) bond motifs is 3. The molecular weight excluding hydrogens is 452 g/mol. The lowest BCUT2D eigenvalue weighted by Crippen LogP contribution is -2.63. The molecule has 3 saturated carbocycles. The normalized spacial score (nSPS) is 42.5. The molecule has 3 N–H and O–H groups in total. The molecule has 0 radical (unpaired) electrons. The van der Waals surface area contributed by atoms with Crippen LogP contribution in [0.25, 0.3) is 0 Å². The van der Waals surface area contributed by atoms with E-state index in [2.05, 4.69) is 34.3 Å². The first-order valence-corrected chi connectivity index (χ1v) is 14.0. The second-order valence-electron chi connectivity index (χ2n) is 14.0. The van der Waals surface area contributed by atoms with Crippen molar-refractivity contribution in [3.8, 4) is 0 Å². The SMILES string of the molecule is C=C(C)C1CCC2(C)C(CC(O)C3C(C(C)(O)C/C=C/C(C)(C)O)CCC32C)C1(C)CCC(=O)OC. The monoisotopic (exact) mass is 504 g/mol. The third kappa shape index (κ3) is 4.97. The van der Waals surface area contributed by atoms with Gasteiger partial charge in [-0.3, -0.25) is 4.79 Å². The van der Waals surface area contributed by atoms with E-state index in [0.717, 1.165) is 37.7 Å². The Morgan fingerprint density at radius 3 is 2.28 bits per heavy atom. The molecule has 3 rings (SSSR count). The standard InChI is InChI=1S/C31H52O5/c1-20(2)21-11-17-29(6)24(28(21,5)16-13-25(33)36-9)19-23(32)26-22(12-18-30(26,29)7)31(8,35)15-10-14-27(3,4)34/h10,14,21-24,26,32,34-35H,1,11-13,15-19H2,2-9H3/b14-10+. The highest BCUT2D eigenvalue weighted by atomic mass is 16.5. The van der Waals surface area contributed by atoms with Crippen molar-refractivity contribution in [3.05, 3.63) is 24.3 Å². The first kappa shape index (κ1) is 29.4. The van der Waals surface area contributed by atoms with Gasteiger partial charge in [-0.1, -0.05) is 45.1 Å². The molecule has 0 aromatic rings. The number of aliphatic hydroxyl groups excluding tert-OH is 1. The summed E-state index contributed by atoms with van der Waals surface area (Å²) < 4.78 is 5.00. The van der Waals surface area contributed by atoms with Crippen LogP contribution in [0.2, 0.25) is 0 Å². The lowest BCUT2D eigenvalue weighted by atomic mass is 9.37. The number of methoxy groups -OCH3 is 1. The van der Waals surface area contributed by atoms with Crippen molar-refractivity contribution in [1.29, 1.82) is 0 Å². The van der Waals surface area contributed by atoms with Crippen LogP contribution in [-0.4, -0.2) is 45.7 Å². The van der Waals surface area contributed by atoms with E-state index < -0.39 is 17.3 Å². The predicted octanol–water partition coefficient (Wildman–Crippen LogP) is 5.82. The van der Waals surface area contributed by atoms with Gasteiger partial charge in [-0.15, -0.1) is 0 Å². The molecule has 0 bridgehead atoms. The number of carbonyl (C=O) groups excluding carboxylic acids is 1. The minimum atomic E-state index is -0.961. The summed E-state index contributed by atoms with van der Waals surface area (Å²) in [6.07, 6.45) is 9.33. The fraction of sp³-hybridized carbons (Fsp3) is 0.839. The largest absolute Gasteiger partial charge is 0.469 e. The Balaban J connectivity index is 1.97. The fourth-order valence-corrected chi connectivity index (χ4v) is 9.19. The zero-order valence-corrected chi connectivity index (χ0v) is 24.1. The molecule has 36 heavy (non-hydrogen) atoms. The van der Waals surface area contributed by atoms with Gasteiger partial charge >= 0.3 is 5.97 Å². The summed E-state index contributed by atoms with van der Waals surface area (Å²) >= 11 is 0. The lowest BCUT2D eigenvalue weighted by molar-refractivity contribution is -0.213. The third-order valence-corrected chi connectivity index (χ3v) is 11.2. The maximum Gasteiger partial charge on any atom is 0.305 e. The van der Waals surface area contributed by atoms with Crippen LogP contribution in [0.15, 0.2) is 24.3 Å². The van der Waals surface area contributed by atoms with Gasteiger partial charge < -0.3 is 20.1 Å². The molecular formula is C31H52O5. The molecule has 0 spiro atoms. The van der Waals surface area contributed by atoms with E-state index in [4.69, 9.17) is 4.74 Å². The van der Waals surface area contributed by atoms with Crippen LogP contribution in [0.5, 0.6) is 0 Å². The van der Waals surface area contributed by atoms with E-state index in [1.165, 1.54) is 7.11 Å². The molecule has 3 aliphatic rings. The average Bonchev–Trinajstić information content (AvgIpc) is 3.13. The third-order valence-electron chi connectivity index (χ3n) is 11.2. The van der Waals surface area contributed by atoms with E-state index in [0.29, 0.717) is 25.2 Å². The number of allylic oxidation sites excluding steroid dienone is 1. The topological polar surface area (TPSA) is 87.0 Å². The van der Waals surface area contributed by atoms with Crippen molar-refractivity contribution in [2.45, 2.75) is 117 Å². The molecule has 0 saturated heterocycles. The molecule has 9 atom stereocenters. The van der Waals surface area contributed by atoms with Gasteiger partial charge in [0.2, 0.25) is 0 Å². The Kier molecular flexibility index (Phi) is 8.04. The highest BCUT2D eigenvalue weighted by Crippen LogP contribution is 2.74.